The Labute approximate surface area is 194 Å². The van der Waals surface area contributed by atoms with E-state index in [1.807, 2.05) is 6.92 Å². The van der Waals surface area contributed by atoms with E-state index in [9.17, 15) is 23.1 Å². The second kappa shape index (κ2) is 9.09. The molecular formula is C25H23F3N4O2. The van der Waals surface area contributed by atoms with Gasteiger partial charge in [0.1, 0.15) is 5.75 Å². The molecule has 3 aromatic carbocycles. The first kappa shape index (κ1) is 23.2. The lowest BCUT2D eigenvalue weighted by Crippen LogP contribution is -2.26. The van der Waals surface area contributed by atoms with Crippen LogP contribution >= 0.6 is 0 Å². The molecule has 1 heterocycles. The largest absolute Gasteiger partial charge is 0.508 e. The Morgan fingerprint density at radius 1 is 1.09 bits per heavy atom. The lowest BCUT2D eigenvalue weighted by atomic mass is 10.1. The number of carbonyl (C=O) groups excluding carboxylic acids is 1. The van der Waals surface area contributed by atoms with Crippen LogP contribution in [0.25, 0.3) is 11.0 Å². The maximum Gasteiger partial charge on any atom is 0.416 e. The van der Waals surface area contributed by atoms with E-state index in [4.69, 9.17) is 0 Å². The molecule has 9 heteroatoms. The number of carbonyl (C=O) groups is 1. The summed E-state index contributed by atoms with van der Waals surface area (Å²) in [7, 11) is 1.69. The number of nitrogens with one attached hydrogen (secondary N) is 1. The number of aromatic hydroxyl groups is 1. The standard InChI is InChI=1S/C25H23F3N4O2/c1-3-31(2)23(34)16-8-13-22-21(14-16)30-24(29-18-9-11-19(33)12-10-18)32(22)15-17-6-4-5-7-20(17)25(26,27)28/h4-14,33H,3,15H2,1-2H3,(H,29,30). The Morgan fingerprint density at radius 2 is 1.79 bits per heavy atom. The van der Waals surface area contributed by atoms with Crippen LogP contribution in [-0.4, -0.2) is 39.1 Å². The van der Waals surface area contributed by atoms with Gasteiger partial charge in [0.05, 0.1) is 23.1 Å². The highest BCUT2D eigenvalue weighted by molar-refractivity contribution is 5.97. The minimum atomic E-state index is -4.50. The van der Waals surface area contributed by atoms with Gasteiger partial charge in [-0.3, -0.25) is 4.79 Å². The van der Waals surface area contributed by atoms with Gasteiger partial charge in [0.2, 0.25) is 5.95 Å². The zero-order valence-electron chi connectivity index (χ0n) is 18.6. The van der Waals surface area contributed by atoms with Crippen LogP contribution in [0.1, 0.15) is 28.4 Å². The molecule has 1 amide bonds. The normalized spacial score (nSPS) is 11.6. The summed E-state index contributed by atoms with van der Waals surface area (Å²) in [5.41, 5.74) is 1.46. The third-order valence-electron chi connectivity index (χ3n) is 5.59. The molecule has 176 valence electrons. The fourth-order valence-corrected chi connectivity index (χ4v) is 3.66. The molecule has 34 heavy (non-hydrogen) atoms. The van der Waals surface area contributed by atoms with E-state index in [0.717, 1.165) is 6.07 Å². The van der Waals surface area contributed by atoms with Crippen molar-refractivity contribution in [2.75, 3.05) is 18.9 Å². The van der Waals surface area contributed by atoms with Crippen molar-refractivity contribution in [3.8, 4) is 5.75 Å². The van der Waals surface area contributed by atoms with Crippen LogP contribution in [-0.2, 0) is 12.7 Å². The highest BCUT2D eigenvalue weighted by Gasteiger charge is 2.33. The minimum absolute atomic E-state index is 0.0846. The second-order valence-electron chi connectivity index (χ2n) is 7.87. The molecule has 0 saturated carbocycles. The summed E-state index contributed by atoms with van der Waals surface area (Å²) in [6, 6.07) is 16.6. The first-order valence-electron chi connectivity index (χ1n) is 10.6. The van der Waals surface area contributed by atoms with Crippen molar-refractivity contribution in [2.24, 2.45) is 0 Å². The number of hydrogen-bond donors (Lipinski definition) is 2. The maximum absolute atomic E-state index is 13.6. The summed E-state index contributed by atoms with van der Waals surface area (Å²) in [5.74, 6) is 0.224. The summed E-state index contributed by atoms with van der Waals surface area (Å²) >= 11 is 0. The molecule has 0 unspecified atom stereocenters. The number of fused-ring (bicyclic) bond motifs is 1. The molecule has 1 aromatic heterocycles. The number of alkyl halides is 3. The molecule has 0 saturated heterocycles. The topological polar surface area (TPSA) is 70.4 Å². The summed E-state index contributed by atoms with van der Waals surface area (Å²) in [6.07, 6.45) is -4.50. The Hall–Kier alpha value is -4.01. The van der Waals surface area contributed by atoms with E-state index >= 15 is 0 Å². The van der Waals surface area contributed by atoms with E-state index in [2.05, 4.69) is 10.3 Å². The number of anilines is 2. The van der Waals surface area contributed by atoms with Gasteiger partial charge in [-0.15, -0.1) is 0 Å². The van der Waals surface area contributed by atoms with Crippen LogP contribution in [0.2, 0.25) is 0 Å². The van der Waals surface area contributed by atoms with E-state index in [0.29, 0.717) is 34.8 Å². The molecule has 0 radical (unpaired) electrons. The molecule has 0 spiro atoms. The number of rotatable bonds is 6. The highest BCUT2D eigenvalue weighted by Crippen LogP contribution is 2.34. The number of nitrogens with zero attached hydrogens (tertiary/aromatic N) is 3. The van der Waals surface area contributed by atoms with E-state index in [1.165, 1.54) is 24.3 Å². The van der Waals surface area contributed by atoms with Gasteiger partial charge < -0.3 is 19.9 Å². The number of phenolic OH excluding ortho intramolecular Hbond substituents is 1. The number of hydrogen-bond acceptors (Lipinski definition) is 4. The van der Waals surface area contributed by atoms with Crippen LogP contribution in [0.3, 0.4) is 0 Å². The van der Waals surface area contributed by atoms with Gasteiger partial charge in [-0.1, -0.05) is 18.2 Å². The smallest absolute Gasteiger partial charge is 0.416 e. The third kappa shape index (κ3) is 4.68. The summed E-state index contributed by atoms with van der Waals surface area (Å²) < 4.78 is 42.5. The number of amides is 1. The van der Waals surface area contributed by atoms with Crippen LogP contribution in [0.15, 0.2) is 66.7 Å². The van der Waals surface area contributed by atoms with E-state index in [-0.39, 0.29) is 23.8 Å². The quantitative estimate of drug-likeness (QED) is 0.359. The Morgan fingerprint density at radius 3 is 2.47 bits per heavy atom. The summed E-state index contributed by atoms with van der Waals surface area (Å²) in [4.78, 5) is 18.8. The van der Waals surface area contributed by atoms with Crippen LogP contribution in [0.4, 0.5) is 24.8 Å². The number of aromatic nitrogens is 2. The van der Waals surface area contributed by atoms with Gasteiger partial charge in [0, 0.05) is 24.8 Å². The minimum Gasteiger partial charge on any atom is -0.508 e. The van der Waals surface area contributed by atoms with Crippen LogP contribution < -0.4 is 5.32 Å². The molecule has 6 nitrogen and oxygen atoms in total. The molecule has 0 aliphatic rings. The van der Waals surface area contributed by atoms with Gasteiger partial charge in [-0.2, -0.15) is 13.2 Å². The second-order valence-corrected chi connectivity index (χ2v) is 7.87. The third-order valence-corrected chi connectivity index (χ3v) is 5.59. The van der Waals surface area contributed by atoms with Gasteiger partial charge in [0.25, 0.3) is 5.91 Å². The first-order chi connectivity index (χ1) is 16.2. The Bertz CT molecular complexity index is 1330. The SMILES string of the molecule is CCN(C)C(=O)c1ccc2c(c1)nc(Nc1ccc(O)cc1)n2Cc1ccccc1C(F)(F)F. The van der Waals surface area contributed by atoms with E-state index in [1.54, 1.807) is 52.9 Å². The predicted molar refractivity (Wildman–Crippen MR) is 124 cm³/mol. The van der Waals surface area contributed by atoms with Gasteiger partial charge in [-0.05, 0) is 61.0 Å². The number of imidazole rings is 1. The van der Waals surface area contributed by atoms with E-state index < -0.39 is 11.7 Å². The summed E-state index contributed by atoms with van der Waals surface area (Å²) in [6.45, 7) is 2.31. The number of phenols is 1. The van der Waals surface area contributed by atoms with Gasteiger partial charge >= 0.3 is 6.18 Å². The number of halogens is 3. The van der Waals surface area contributed by atoms with Crippen molar-refractivity contribution in [2.45, 2.75) is 19.6 Å². The molecule has 0 aliphatic carbocycles. The van der Waals surface area contributed by atoms with Crippen molar-refractivity contribution < 1.29 is 23.1 Å². The molecule has 0 fully saturated rings. The Balaban J connectivity index is 1.82. The van der Waals surface area contributed by atoms with Crippen LogP contribution in [0, 0.1) is 0 Å². The predicted octanol–water partition coefficient (Wildman–Crippen LogP) is 5.64. The van der Waals surface area contributed by atoms with Gasteiger partial charge in [0.15, 0.2) is 0 Å². The van der Waals surface area contributed by atoms with Gasteiger partial charge in [-0.25, -0.2) is 4.98 Å². The molecule has 0 atom stereocenters. The average molecular weight is 468 g/mol. The Kier molecular flexibility index (Phi) is 6.19. The fourth-order valence-electron chi connectivity index (χ4n) is 3.66. The van der Waals surface area contributed by atoms with Crippen molar-refractivity contribution in [1.82, 2.24) is 14.5 Å². The lowest BCUT2D eigenvalue weighted by molar-refractivity contribution is -0.138. The molecule has 4 aromatic rings. The first-order valence-corrected chi connectivity index (χ1v) is 10.6. The fraction of sp³-hybridized carbons (Fsp3) is 0.200. The molecule has 2 N–H and O–H groups in total. The van der Waals surface area contributed by atoms with Crippen molar-refractivity contribution >= 4 is 28.6 Å². The molecule has 0 bridgehead atoms. The molecular weight excluding hydrogens is 445 g/mol. The maximum atomic E-state index is 13.6. The number of benzene rings is 3. The van der Waals surface area contributed by atoms with Crippen molar-refractivity contribution in [3.05, 3.63) is 83.4 Å². The average Bonchev–Trinajstić information content (AvgIpc) is 3.15. The summed E-state index contributed by atoms with van der Waals surface area (Å²) in [5, 5.41) is 12.7. The molecule has 0 aliphatic heterocycles. The monoisotopic (exact) mass is 468 g/mol. The highest BCUT2D eigenvalue weighted by atomic mass is 19.4. The van der Waals surface area contributed by atoms with Crippen molar-refractivity contribution in [3.63, 3.8) is 0 Å². The van der Waals surface area contributed by atoms with Crippen molar-refractivity contribution in [1.29, 1.82) is 0 Å². The zero-order valence-corrected chi connectivity index (χ0v) is 18.6. The zero-order chi connectivity index (χ0) is 24.5. The van der Waals surface area contributed by atoms with Crippen LogP contribution in [0.5, 0.6) is 5.75 Å². The lowest BCUT2D eigenvalue weighted by Gasteiger charge is -2.16. The molecule has 4 rings (SSSR count).